The van der Waals surface area contributed by atoms with Crippen molar-refractivity contribution in [3.63, 3.8) is 0 Å². The molecule has 1 aliphatic heterocycles. The maximum absolute atomic E-state index is 11.9. The first-order valence-electron chi connectivity index (χ1n) is 6.36. The molecular weight excluding hydrogens is 240 g/mol. The first-order chi connectivity index (χ1) is 7.75. The second-order valence-corrected chi connectivity index (χ2v) is 5.10. The third-order valence-electron chi connectivity index (χ3n) is 3.67. The Labute approximate surface area is 109 Å². The van der Waals surface area contributed by atoms with Crippen LogP contribution in [0, 0.1) is 11.8 Å². The second kappa shape index (κ2) is 7.19. The van der Waals surface area contributed by atoms with E-state index < -0.39 is 0 Å². The summed E-state index contributed by atoms with van der Waals surface area (Å²) in [6, 6.07) is 0.222. The fourth-order valence-electron chi connectivity index (χ4n) is 2.60. The van der Waals surface area contributed by atoms with Crippen molar-refractivity contribution in [1.29, 1.82) is 0 Å². The Balaban J connectivity index is 0.00000144. The molecule has 4 nitrogen and oxygen atoms in total. The molecule has 0 radical (unpaired) electrons. The second-order valence-electron chi connectivity index (χ2n) is 5.10. The van der Waals surface area contributed by atoms with E-state index >= 15 is 0 Å². The van der Waals surface area contributed by atoms with Crippen LogP contribution in [0.4, 0.5) is 0 Å². The van der Waals surface area contributed by atoms with Gasteiger partial charge in [0.2, 0.25) is 5.91 Å². The zero-order valence-electron chi connectivity index (χ0n) is 10.2. The van der Waals surface area contributed by atoms with Gasteiger partial charge in [0.25, 0.3) is 0 Å². The lowest BCUT2D eigenvalue weighted by Gasteiger charge is -2.26. The number of halogens is 1. The molecule has 0 spiro atoms. The maximum atomic E-state index is 11.9. The zero-order valence-corrected chi connectivity index (χ0v) is 11.0. The predicted octanol–water partition coefficient (Wildman–Crippen LogP) is 1.08. The van der Waals surface area contributed by atoms with Crippen LogP contribution in [-0.2, 0) is 9.53 Å². The van der Waals surface area contributed by atoms with Crippen molar-refractivity contribution in [3.8, 4) is 0 Å². The van der Waals surface area contributed by atoms with Crippen LogP contribution in [0.5, 0.6) is 0 Å². The Kier molecular flexibility index (Phi) is 6.23. The van der Waals surface area contributed by atoms with Gasteiger partial charge >= 0.3 is 0 Å². The molecule has 0 aromatic rings. The summed E-state index contributed by atoms with van der Waals surface area (Å²) in [5, 5.41) is 3.04. The lowest BCUT2D eigenvalue weighted by molar-refractivity contribution is -0.126. The van der Waals surface area contributed by atoms with Crippen molar-refractivity contribution in [2.24, 2.45) is 17.6 Å². The van der Waals surface area contributed by atoms with Crippen molar-refractivity contribution in [2.75, 3.05) is 19.8 Å². The van der Waals surface area contributed by atoms with E-state index in [0.717, 1.165) is 51.9 Å². The summed E-state index contributed by atoms with van der Waals surface area (Å²) < 4.78 is 5.28. The van der Waals surface area contributed by atoms with Gasteiger partial charge in [-0.3, -0.25) is 4.79 Å². The van der Waals surface area contributed by atoms with Gasteiger partial charge in [0, 0.05) is 31.0 Å². The highest BCUT2D eigenvalue weighted by Gasteiger charge is 2.26. The van der Waals surface area contributed by atoms with Crippen molar-refractivity contribution in [2.45, 2.75) is 38.1 Å². The molecule has 17 heavy (non-hydrogen) atoms. The van der Waals surface area contributed by atoms with E-state index in [1.165, 1.54) is 0 Å². The molecule has 100 valence electrons. The molecule has 3 N–H and O–H groups in total. The third-order valence-corrected chi connectivity index (χ3v) is 3.67. The quantitative estimate of drug-likeness (QED) is 0.800. The topological polar surface area (TPSA) is 64.4 Å². The van der Waals surface area contributed by atoms with Gasteiger partial charge in [-0.1, -0.05) is 6.42 Å². The number of rotatable bonds is 3. The van der Waals surface area contributed by atoms with Crippen molar-refractivity contribution >= 4 is 18.3 Å². The maximum Gasteiger partial charge on any atom is 0.223 e. The lowest BCUT2D eigenvalue weighted by Crippen LogP contribution is -2.39. The van der Waals surface area contributed by atoms with Crippen LogP contribution in [0.1, 0.15) is 32.1 Å². The number of hydrogen-bond acceptors (Lipinski definition) is 3. The normalized spacial score (nSPS) is 32.9. The van der Waals surface area contributed by atoms with E-state index in [0.29, 0.717) is 5.92 Å². The Bertz CT molecular complexity index is 245. The molecule has 3 atom stereocenters. The monoisotopic (exact) mass is 262 g/mol. The zero-order chi connectivity index (χ0) is 11.4. The standard InChI is InChI=1S/C12H22N2O2.ClH/c13-11-3-1-2-10(6-11)12(15)14-7-9-4-5-16-8-9;/h9-11H,1-8,13H2,(H,14,15);1H. The number of nitrogens with one attached hydrogen (secondary N) is 1. The summed E-state index contributed by atoms with van der Waals surface area (Å²) >= 11 is 0. The van der Waals surface area contributed by atoms with Crippen LogP contribution in [-0.4, -0.2) is 31.7 Å². The van der Waals surface area contributed by atoms with E-state index in [-0.39, 0.29) is 30.3 Å². The number of ether oxygens (including phenoxy) is 1. The van der Waals surface area contributed by atoms with Crippen LogP contribution >= 0.6 is 12.4 Å². The summed E-state index contributed by atoms with van der Waals surface area (Å²) in [5.41, 5.74) is 5.88. The average molecular weight is 263 g/mol. The molecule has 5 heteroatoms. The van der Waals surface area contributed by atoms with E-state index in [1.807, 2.05) is 0 Å². The van der Waals surface area contributed by atoms with Crippen LogP contribution in [0.2, 0.25) is 0 Å². The largest absolute Gasteiger partial charge is 0.381 e. The molecule has 3 unspecified atom stereocenters. The highest BCUT2D eigenvalue weighted by atomic mass is 35.5. The first-order valence-corrected chi connectivity index (χ1v) is 6.36. The lowest BCUT2D eigenvalue weighted by atomic mass is 9.85. The number of carbonyl (C=O) groups is 1. The molecule has 0 bridgehead atoms. The molecule has 0 aromatic heterocycles. The molecule has 2 aliphatic rings. The molecule has 1 amide bonds. The minimum atomic E-state index is 0. The number of hydrogen-bond donors (Lipinski definition) is 2. The molecule has 1 aliphatic carbocycles. The van der Waals surface area contributed by atoms with Crippen LogP contribution in [0.25, 0.3) is 0 Å². The third kappa shape index (κ3) is 4.45. The van der Waals surface area contributed by atoms with Gasteiger partial charge in [-0.05, 0) is 25.7 Å². The van der Waals surface area contributed by atoms with Gasteiger partial charge in [-0.2, -0.15) is 0 Å². The Morgan fingerprint density at radius 1 is 1.35 bits per heavy atom. The molecule has 0 aromatic carbocycles. The molecule has 1 saturated heterocycles. The van der Waals surface area contributed by atoms with Crippen LogP contribution in [0.3, 0.4) is 0 Å². The minimum Gasteiger partial charge on any atom is -0.381 e. The summed E-state index contributed by atoms with van der Waals surface area (Å²) in [6.45, 7) is 2.41. The average Bonchev–Trinajstić information content (AvgIpc) is 2.78. The van der Waals surface area contributed by atoms with E-state index in [4.69, 9.17) is 10.5 Å². The Morgan fingerprint density at radius 2 is 2.18 bits per heavy atom. The van der Waals surface area contributed by atoms with E-state index in [9.17, 15) is 4.79 Å². The van der Waals surface area contributed by atoms with Crippen molar-refractivity contribution < 1.29 is 9.53 Å². The number of nitrogens with two attached hydrogens (primary N) is 1. The number of amides is 1. The summed E-state index contributed by atoms with van der Waals surface area (Å²) in [4.78, 5) is 11.9. The van der Waals surface area contributed by atoms with Gasteiger partial charge < -0.3 is 15.8 Å². The highest BCUT2D eigenvalue weighted by Crippen LogP contribution is 2.23. The van der Waals surface area contributed by atoms with Gasteiger partial charge in [0.1, 0.15) is 0 Å². The molecule has 2 rings (SSSR count). The SMILES string of the molecule is Cl.NC1CCCC(C(=O)NCC2CCOC2)C1. The van der Waals surface area contributed by atoms with Gasteiger partial charge in [0.15, 0.2) is 0 Å². The first kappa shape index (κ1) is 14.7. The number of carbonyl (C=O) groups excluding carboxylic acids is 1. The smallest absolute Gasteiger partial charge is 0.223 e. The summed E-state index contributed by atoms with van der Waals surface area (Å²) in [6.07, 6.45) is 5.09. The predicted molar refractivity (Wildman–Crippen MR) is 69.1 cm³/mol. The van der Waals surface area contributed by atoms with Crippen LogP contribution < -0.4 is 11.1 Å². The van der Waals surface area contributed by atoms with Gasteiger partial charge in [-0.15, -0.1) is 12.4 Å². The Hall–Kier alpha value is -0.320. The van der Waals surface area contributed by atoms with Crippen molar-refractivity contribution in [3.05, 3.63) is 0 Å². The molecule has 2 fully saturated rings. The molecule has 1 saturated carbocycles. The van der Waals surface area contributed by atoms with Gasteiger partial charge in [0.05, 0.1) is 6.61 Å². The van der Waals surface area contributed by atoms with E-state index in [1.54, 1.807) is 0 Å². The Morgan fingerprint density at radius 3 is 2.82 bits per heavy atom. The van der Waals surface area contributed by atoms with Crippen molar-refractivity contribution in [1.82, 2.24) is 5.32 Å². The van der Waals surface area contributed by atoms with Gasteiger partial charge in [-0.25, -0.2) is 0 Å². The summed E-state index contributed by atoms with van der Waals surface area (Å²) in [7, 11) is 0. The fraction of sp³-hybridized carbons (Fsp3) is 0.917. The minimum absolute atomic E-state index is 0. The summed E-state index contributed by atoms with van der Waals surface area (Å²) in [5.74, 6) is 0.856. The molecular formula is C12H23ClN2O2. The van der Waals surface area contributed by atoms with E-state index in [2.05, 4.69) is 5.32 Å². The fourth-order valence-corrected chi connectivity index (χ4v) is 2.60. The molecule has 1 heterocycles. The van der Waals surface area contributed by atoms with Crippen LogP contribution in [0.15, 0.2) is 0 Å². The highest BCUT2D eigenvalue weighted by molar-refractivity contribution is 5.85.